The molecule has 5 heteroatoms. The summed E-state index contributed by atoms with van der Waals surface area (Å²) in [6.45, 7) is 7.75. The van der Waals surface area contributed by atoms with Gasteiger partial charge in [0.2, 0.25) is 5.91 Å². The molecule has 3 heterocycles. The van der Waals surface area contributed by atoms with Crippen molar-refractivity contribution < 1.29 is 4.79 Å². The van der Waals surface area contributed by atoms with Crippen molar-refractivity contribution in [3.8, 4) is 0 Å². The van der Waals surface area contributed by atoms with E-state index in [9.17, 15) is 4.79 Å². The highest BCUT2D eigenvalue weighted by Gasteiger charge is 2.27. The van der Waals surface area contributed by atoms with Gasteiger partial charge >= 0.3 is 0 Å². The zero-order valence-electron chi connectivity index (χ0n) is 12.7. The molecule has 0 unspecified atom stereocenters. The van der Waals surface area contributed by atoms with Crippen LogP contribution < -0.4 is 0 Å². The molecule has 0 fully saturated rings. The molecule has 4 nitrogen and oxygen atoms in total. The Bertz CT molecular complexity index is 643. The lowest BCUT2D eigenvalue weighted by molar-refractivity contribution is -0.135. The average molecular weight is 303 g/mol. The van der Waals surface area contributed by atoms with Crippen LogP contribution >= 0.6 is 11.3 Å². The summed E-state index contributed by atoms with van der Waals surface area (Å²) >= 11 is 1.80. The lowest BCUT2D eigenvalue weighted by Crippen LogP contribution is -2.39. The highest BCUT2D eigenvalue weighted by Crippen LogP contribution is 2.26. The molecule has 1 aliphatic rings. The van der Waals surface area contributed by atoms with Gasteiger partial charge in [0, 0.05) is 36.3 Å². The standard InChI is InChI=1S/C16H21N3OS/c1-11(2)15-17-6-8-19(15)12(3)16(20)18-7-4-14-13(10-18)5-9-21-14/h5-6,8-9,11-12H,4,7,10H2,1-3H3/t12-/m0/s1. The van der Waals surface area contributed by atoms with E-state index in [0.717, 1.165) is 25.3 Å². The van der Waals surface area contributed by atoms with Gasteiger partial charge in [-0.3, -0.25) is 4.79 Å². The number of carbonyl (C=O) groups excluding carboxylic acids is 1. The van der Waals surface area contributed by atoms with E-state index < -0.39 is 0 Å². The van der Waals surface area contributed by atoms with Crippen LogP contribution in [0.15, 0.2) is 23.8 Å². The second-order valence-electron chi connectivity index (χ2n) is 5.90. The summed E-state index contributed by atoms with van der Waals surface area (Å²) < 4.78 is 2.01. The molecule has 1 aliphatic heterocycles. The average Bonchev–Trinajstić information content (AvgIpc) is 3.13. The molecule has 0 spiro atoms. The van der Waals surface area contributed by atoms with Crippen LogP contribution in [0.4, 0.5) is 0 Å². The van der Waals surface area contributed by atoms with Crippen LogP contribution in [0.2, 0.25) is 0 Å². The number of rotatable bonds is 3. The molecule has 0 saturated heterocycles. The van der Waals surface area contributed by atoms with E-state index in [1.54, 1.807) is 17.5 Å². The van der Waals surface area contributed by atoms with Crippen molar-refractivity contribution in [2.24, 2.45) is 0 Å². The third kappa shape index (κ3) is 2.62. The fourth-order valence-corrected chi connectivity index (χ4v) is 3.81. The van der Waals surface area contributed by atoms with Gasteiger partial charge in [-0.05, 0) is 30.4 Å². The van der Waals surface area contributed by atoms with Gasteiger partial charge in [0.15, 0.2) is 0 Å². The first-order valence-electron chi connectivity index (χ1n) is 7.44. The second kappa shape index (κ2) is 5.64. The highest BCUT2D eigenvalue weighted by molar-refractivity contribution is 7.10. The Morgan fingerprint density at radius 3 is 2.95 bits per heavy atom. The first-order chi connectivity index (χ1) is 10.1. The van der Waals surface area contributed by atoms with Crippen molar-refractivity contribution in [1.82, 2.24) is 14.5 Å². The van der Waals surface area contributed by atoms with E-state index in [1.165, 1.54) is 10.4 Å². The Hall–Kier alpha value is -1.62. The number of aromatic nitrogens is 2. The van der Waals surface area contributed by atoms with Crippen molar-refractivity contribution >= 4 is 17.2 Å². The van der Waals surface area contributed by atoms with Crippen LogP contribution in [-0.4, -0.2) is 26.9 Å². The van der Waals surface area contributed by atoms with Gasteiger partial charge in [-0.25, -0.2) is 4.98 Å². The minimum absolute atomic E-state index is 0.187. The summed E-state index contributed by atoms with van der Waals surface area (Å²) in [6, 6.07) is 1.95. The van der Waals surface area contributed by atoms with Crippen LogP contribution in [0.3, 0.4) is 0 Å². The van der Waals surface area contributed by atoms with Gasteiger partial charge in [0.1, 0.15) is 11.9 Å². The van der Waals surface area contributed by atoms with E-state index >= 15 is 0 Å². The summed E-state index contributed by atoms with van der Waals surface area (Å²) in [4.78, 5) is 20.6. The molecule has 3 rings (SSSR count). The number of carbonyl (C=O) groups is 1. The van der Waals surface area contributed by atoms with Gasteiger partial charge in [-0.1, -0.05) is 13.8 Å². The number of imidazole rings is 1. The maximum atomic E-state index is 12.8. The normalized spacial score (nSPS) is 16.1. The third-order valence-corrected chi connectivity index (χ3v) is 5.13. The summed E-state index contributed by atoms with van der Waals surface area (Å²) in [5.41, 5.74) is 1.31. The minimum atomic E-state index is -0.190. The predicted octanol–water partition coefficient (Wildman–Crippen LogP) is 3.21. The second-order valence-corrected chi connectivity index (χ2v) is 6.90. The number of thiophene rings is 1. The summed E-state index contributed by atoms with van der Waals surface area (Å²) in [5.74, 6) is 1.48. The summed E-state index contributed by atoms with van der Waals surface area (Å²) in [6.07, 6.45) is 4.68. The monoisotopic (exact) mass is 303 g/mol. The van der Waals surface area contributed by atoms with E-state index in [4.69, 9.17) is 0 Å². The molecule has 112 valence electrons. The largest absolute Gasteiger partial charge is 0.336 e. The quantitative estimate of drug-likeness (QED) is 0.873. The zero-order chi connectivity index (χ0) is 15.0. The number of nitrogens with zero attached hydrogens (tertiary/aromatic N) is 3. The Labute approximate surface area is 129 Å². The Balaban J connectivity index is 1.78. The minimum Gasteiger partial charge on any atom is -0.336 e. The fraction of sp³-hybridized carbons (Fsp3) is 0.500. The number of fused-ring (bicyclic) bond motifs is 1. The third-order valence-electron chi connectivity index (χ3n) is 4.11. The van der Waals surface area contributed by atoms with Crippen LogP contribution in [0.1, 0.15) is 49.0 Å². The maximum Gasteiger partial charge on any atom is 0.245 e. The Morgan fingerprint density at radius 1 is 1.38 bits per heavy atom. The van der Waals surface area contributed by atoms with Crippen molar-refractivity contribution in [3.63, 3.8) is 0 Å². The SMILES string of the molecule is CC(C)c1nccn1[C@@H](C)C(=O)N1CCc2sccc2C1. The molecule has 0 radical (unpaired) electrons. The molecule has 2 aromatic heterocycles. The van der Waals surface area contributed by atoms with Gasteiger partial charge in [0.25, 0.3) is 0 Å². The topological polar surface area (TPSA) is 38.1 Å². The van der Waals surface area contributed by atoms with Crippen molar-refractivity contribution in [2.45, 2.75) is 45.7 Å². The lowest BCUT2D eigenvalue weighted by Gasteiger charge is -2.30. The van der Waals surface area contributed by atoms with E-state index in [1.807, 2.05) is 22.6 Å². The van der Waals surface area contributed by atoms with Crippen LogP contribution in [0, 0.1) is 0 Å². The molecule has 1 atom stereocenters. The van der Waals surface area contributed by atoms with E-state index in [0.29, 0.717) is 5.92 Å². The van der Waals surface area contributed by atoms with E-state index in [2.05, 4.69) is 30.3 Å². The molecule has 0 aliphatic carbocycles. The Kier molecular flexibility index (Phi) is 3.85. The smallest absolute Gasteiger partial charge is 0.245 e. The predicted molar refractivity (Wildman–Crippen MR) is 84.5 cm³/mol. The molecule has 1 amide bonds. The fourth-order valence-electron chi connectivity index (χ4n) is 2.92. The zero-order valence-corrected chi connectivity index (χ0v) is 13.6. The van der Waals surface area contributed by atoms with Gasteiger partial charge < -0.3 is 9.47 Å². The summed E-state index contributed by atoms with van der Waals surface area (Å²) in [7, 11) is 0. The van der Waals surface area contributed by atoms with Crippen molar-refractivity contribution in [2.75, 3.05) is 6.54 Å². The first kappa shape index (κ1) is 14.3. The van der Waals surface area contributed by atoms with Crippen LogP contribution in [0.5, 0.6) is 0 Å². The highest BCUT2D eigenvalue weighted by atomic mass is 32.1. The first-order valence-corrected chi connectivity index (χ1v) is 8.32. The molecule has 2 aromatic rings. The molecular weight excluding hydrogens is 282 g/mol. The molecule has 0 bridgehead atoms. The lowest BCUT2D eigenvalue weighted by atomic mass is 10.1. The van der Waals surface area contributed by atoms with E-state index in [-0.39, 0.29) is 11.9 Å². The number of hydrogen-bond acceptors (Lipinski definition) is 3. The number of hydrogen-bond donors (Lipinski definition) is 0. The van der Waals surface area contributed by atoms with Gasteiger partial charge in [-0.15, -0.1) is 11.3 Å². The number of amides is 1. The molecule has 0 N–H and O–H groups in total. The van der Waals surface area contributed by atoms with Crippen molar-refractivity contribution in [3.05, 3.63) is 40.1 Å². The Morgan fingerprint density at radius 2 is 2.19 bits per heavy atom. The van der Waals surface area contributed by atoms with Gasteiger partial charge in [-0.2, -0.15) is 0 Å². The maximum absolute atomic E-state index is 12.8. The van der Waals surface area contributed by atoms with Crippen LogP contribution in [0.25, 0.3) is 0 Å². The molecule has 0 saturated carbocycles. The summed E-state index contributed by atoms with van der Waals surface area (Å²) in [5, 5.41) is 2.12. The van der Waals surface area contributed by atoms with Crippen molar-refractivity contribution in [1.29, 1.82) is 0 Å². The molecule has 0 aromatic carbocycles. The van der Waals surface area contributed by atoms with Crippen LogP contribution in [-0.2, 0) is 17.8 Å². The molecular formula is C16H21N3OS. The van der Waals surface area contributed by atoms with Gasteiger partial charge in [0.05, 0.1) is 0 Å². The molecule has 21 heavy (non-hydrogen) atoms.